The van der Waals surface area contributed by atoms with Crippen molar-refractivity contribution in [3.05, 3.63) is 149 Å². The Balaban J connectivity index is 1.05. The molecule has 1 aromatic heterocycles. The highest BCUT2D eigenvalue weighted by atomic mass is 32.2. The van der Waals surface area contributed by atoms with Gasteiger partial charge in [0.25, 0.3) is 15.7 Å². The van der Waals surface area contributed by atoms with Crippen LogP contribution in [0.4, 0.5) is 27.7 Å². The summed E-state index contributed by atoms with van der Waals surface area (Å²) >= 11 is 0. The molecule has 1 aliphatic heterocycles. The van der Waals surface area contributed by atoms with Crippen molar-refractivity contribution in [3.63, 3.8) is 0 Å². The summed E-state index contributed by atoms with van der Waals surface area (Å²) < 4.78 is 30.1. The smallest absolute Gasteiger partial charge is 0.324 e. The van der Waals surface area contributed by atoms with E-state index in [0.29, 0.717) is 17.4 Å². The number of hydrogen-bond acceptors (Lipinski definition) is 10. The van der Waals surface area contributed by atoms with Crippen molar-refractivity contribution in [2.75, 3.05) is 75.4 Å². The van der Waals surface area contributed by atoms with Crippen molar-refractivity contribution < 1.29 is 18.1 Å². The Morgan fingerprint density at radius 1 is 0.831 bits per heavy atom. The van der Waals surface area contributed by atoms with Gasteiger partial charge in [0.05, 0.1) is 21.4 Å². The number of sulfonamides is 1. The highest BCUT2D eigenvalue weighted by Crippen LogP contribution is 2.34. The number of anilines is 3. The summed E-state index contributed by atoms with van der Waals surface area (Å²) in [6.07, 6.45) is 1.29. The van der Waals surface area contributed by atoms with Gasteiger partial charge in [-0.15, -0.1) is 0 Å². The zero-order valence-corrected chi connectivity index (χ0v) is 34.3. The normalized spacial score (nSPS) is 13.9. The Morgan fingerprint density at radius 3 is 2.20 bits per heavy atom. The lowest BCUT2D eigenvalue weighted by molar-refractivity contribution is -0.384. The Kier molecular flexibility index (Phi) is 12.2. The molecule has 14 nitrogen and oxygen atoms in total. The number of carbonyl (C=O) groups is 1. The number of nitro benzene ring substituents is 1. The zero-order chi connectivity index (χ0) is 41.7. The molecule has 304 valence electrons. The Bertz CT molecular complexity index is 2550. The molecule has 0 saturated carbocycles. The fraction of sp³-hybridized carbons (Fsp3) is 0.250. The Hall–Kier alpha value is -6.42. The van der Waals surface area contributed by atoms with Gasteiger partial charge in [-0.05, 0) is 66.7 Å². The lowest BCUT2D eigenvalue weighted by Gasteiger charge is -2.36. The maximum Gasteiger partial charge on any atom is 0.324 e. The number of rotatable bonds is 13. The van der Waals surface area contributed by atoms with Gasteiger partial charge in [0.15, 0.2) is 5.82 Å². The van der Waals surface area contributed by atoms with E-state index in [-0.39, 0.29) is 22.4 Å². The lowest BCUT2D eigenvalue weighted by atomic mass is 9.99. The van der Waals surface area contributed by atoms with Crippen molar-refractivity contribution in [1.82, 2.24) is 24.7 Å². The number of aromatic nitrogens is 2. The van der Waals surface area contributed by atoms with Crippen LogP contribution in [0, 0.1) is 10.1 Å². The highest BCUT2D eigenvalue weighted by Gasteiger charge is 2.31. The number of benzene rings is 5. The average molecular weight is 814 g/mol. The molecule has 5 aromatic carbocycles. The number of fused-ring (bicyclic) bond motifs is 1. The predicted molar refractivity (Wildman–Crippen MR) is 232 cm³/mol. The quantitative estimate of drug-likeness (QED) is 0.0945. The molecule has 1 unspecified atom stereocenters. The van der Waals surface area contributed by atoms with E-state index < -0.39 is 26.7 Å². The van der Waals surface area contributed by atoms with Crippen LogP contribution in [-0.4, -0.2) is 105 Å². The number of likely N-dealkylation sites (N-methyl/N-ethyl adjacent to an activating group) is 2. The number of nitrogens with zero attached hydrogens (tertiary/aromatic N) is 8. The molecule has 7 rings (SSSR count). The molecular weight excluding hydrogens is 767 g/mol. The van der Waals surface area contributed by atoms with Crippen LogP contribution in [-0.2, 0) is 16.6 Å². The van der Waals surface area contributed by atoms with Gasteiger partial charge in [0, 0.05) is 70.5 Å². The minimum Gasteiger partial charge on any atom is -0.369 e. The van der Waals surface area contributed by atoms with Crippen LogP contribution in [0.1, 0.15) is 17.2 Å². The second kappa shape index (κ2) is 17.6. The molecule has 0 radical (unpaired) electrons. The number of hydrogen-bond donors (Lipinski definition) is 1. The third-order valence-corrected chi connectivity index (χ3v) is 12.0. The lowest BCUT2D eigenvalue weighted by Crippen LogP contribution is -2.46. The van der Waals surface area contributed by atoms with Gasteiger partial charge in [-0.3, -0.25) is 24.6 Å². The first-order chi connectivity index (χ1) is 28.4. The predicted octanol–water partition coefficient (Wildman–Crippen LogP) is 7.12. The molecular formula is C44H47N9O5S. The second-order valence-corrected chi connectivity index (χ2v) is 16.5. The molecule has 2 amide bonds. The summed E-state index contributed by atoms with van der Waals surface area (Å²) in [6.45, 7) is 4.70. The topological polar surface area (TPSA) is 148 Å². The van der Waals surface area contributed by atoms with Gasteiger partial charge < -0.3 is 14.7 Å². The first-order valence-electron chi connectivity index (χ1n) is 19.3. The standard InChI is InChI=1S/C44H47N9O5S/c1-48(2)30-42(33-15-9-6-10-16-33)50(4)44(54)49(3)40-22-20-36(28-41(40)53(55)56)59(57,58)47-43-38-21-19-35(27-39(38)45-31-46-43)52-25-23-51(24-26-52)29-34-17-11-12-18-37(34)32-13-7-5-8-14-32/h5-22,27-28,31,42H,23-26,29-30H2,1-4H3,(H,45,46,47). The van der Waals surface area contributed by atoms with E-state index in [2.05, 4.69) is 73.0 Å². The Morgan fingerprint density at radius 2 is 1.51 bits per heavy atom. The minimum absolute atomic E-state index is 0.0388. The van der Waals surface area contributed by atoms with E-state index in [1.807, 2.05) is 67.5 Å². The molecule has 1 fully saturated rings. The Labute approximate surface area is 344 Å². The van der Waals surface area contributed by atoms with E-state index in [1.54, 1.807) is 13.1 Å². The molecule has 1 aliphatic rings. The molecule has 1 saturated heterocycles. The van der Waals surface area contributed by atoms with Gasteiger partial charge in [-0.2, -0.15) is 0 Å². The van der Waals surface area contributed by atoms with Crippen LogP contribution in [0.15, 0.2) is 133 Å². The zero-order valence-electron chi connectivity index (χ0n) is 33.5. The number of piperazine rings is 1. The van der Waals surface area contributed by atoms with Gasteiger partial charge in [0.2, 0.25) is 0 Å². The van der Waals surface area contributed by atoms with Gasteiger partial charge in [0.1, 0.15) is 12.0 Å². The third-order valence-electron chi connectivity index (χ3n) is 10.7. The molecule has 0 bridgehead atoms. The van der Waals surface area contributed by atoms with Crippen molar-refractivity contribution in [3.8, 4) is 11.1 Å². The van der Waals surface area contributed by atoms with Gasteiger partial charge >= 0.3 is 6.03 Å². The first kappa shape index (κ1) is 40.8. The summed E-state index contributed by atoms with van der Waals surface area (Å²) in [5, 5.41) is 12.8. The van der Waals surface area contributed by atoms with Crippen LogP contribution in [0.3, 0.4) is 0 Å². The van der Waals surface area contributed by atoms with Crippen LogP contribution in [0.25, 0.3) is 22.0 Å². The molecule has 59 heavy (non-hydrogen) atoms. The summed E-state index contributed by atoms with van der Waals surface area (Å²) in [7, 11) is 2.50. The average Bonchev–Trinajstić information content (AvgIpc) is 3.25. The summed E-state index contributed by atoms with van der Waals surface area (Å²) in [6, 6.07) is 36.7. The third kappa shape index (κ3) is 9.17. The molecule has 2 heterocycles. The number of nitro groups is 1. The highest BCUT2D eigenvalue weighted by molar-refractivity contribution is 7.92. The SMILES string of the molecule is CN(C)CC(c1ccccc1)N(C)C(=O)N(C)c1ccc(S(=O)(=O)Nc2ncnc3cc(N4CCN(Cc5ccccc5-c5ccccc5)CC4)ccc23)cc1[N+](=O)[O-]. The van der Waals surface area contributed by atoms with Crippen LogP contribution < -0.4 is 14.5 Å². The van der Waals surface area contributed by atoms with Crippen molar-refractivity contribution >= 4 is 49.8 Å². The molecule has 6 aromatic rings. The van der Waals surface area contributed by atoms with E-state index in [4.69, 9.17) is 0 Å². The van der Waals surface area contributed by atoms with Crippen molar-refractivity contribution in [1.29, 1.82) is 0 Å². The van der Waals surface area contributed by atoms with Crippen LogP contribution >= 0.6 is 0 Å². The van der Waals surface area contributed by atoms with E-state index in [1.165, 1.54) is 47.1 Å². The molecule has 15 heteroatoms. The van der Waals surface area contributed by atoms with Gasteiger partial charge in [-0.25, -0.2) is 23.2 Å². The van der Waals surface area contributed by atoms with Crippen molar-refractivity contribution in [2.24, 2.45) is 0 Å². The fourth-order valence-electron chi connectivity index (χ4n) is 7.52. The molecule has 0 spiro atoms. The van der Waals surface area contributed by atoms with E-state index in [9.17, 15) is 23.3 Å². The van der Waals surface area contributed by atoms with Gasteiger partial charge in [-0.1, -0.05) is 84.9 Å². The maximum absolute atomic E-state index is 13.8. The van der Waals surface area contributed by atoms with E-state index >= 15 is 0 Å². The number of amides is 2. The second-order valence-electron chi connectivity index (χ2n) is 14.9. The van der Waals surface area contributed by atoms with E-state index in [0.717, 1.165) is 54.9 Å². The van der Waals surface area contributed by atoms with Crippen LogP contribution in [0.2, 0.25) is 0 Å². The summed E-state index contributed by atoms with van der Waals surface area (Å²) in [4.78, 5) is 43.1. The number of carbonyl (C=O) groups excluding carboxylic acids is 1. The largest absolute Gasteiger partial charge is 0.369 e. The fourth-order valence-corrected chi connectivity index (χ4v) is 8.57. The molecule has 1 N–H and O–H groups in total. The molecule has 0 aliphatic carbocycles. The van der Waals surface area contributed by atoms with Crippen LogP contribution in [0.5, 0.6) is 0 Å². The monoisotopic (exact) mass is 813 g/mol. The minimum atomic E-state index is -4.37. The maximum atomic E-state index is 13.8. The first-order valence-corrected chi connectivity index (χ1v) is 20.7. The summed E-state index contributed by atoms with van der Waals surface area (Å²) in [5.41, 5.74) is 5.53. The molecule has 1 atom stereocenters. The number of urea groups is 1. The summed E-state index contributed by atoms with van der Waals surface area (Å²) in [5.74, 6) is 0.0388. The van der Waals surface area contributed by atoms with Crippen molar-refractivity contribution in [2.45, 2.75) is 17.5 Å². The number of nitrogens with one attached hydrogen (secondary N) is 1.